The van der Waals surface area contributed by atoms with Crippen LogP contribution in [0.4, 0.5) is 11.4 Å². The van der Waals surface area contributed by atoms with Crippen molar-refractivity contribution in [3.05, 3.63) is 173 Å². The molecule has 2 aromatic heterocycles. The van der Waals surface area contributed by atoms with E-state index in [9.17, 15) is 0 Å². The van der Waals surface area contributed by atoms with Crippen molar-refractivity contribution in [2.24, 2.45) is 0 Å². The van der Waals surface area contributed by atoms with Gasteiger partial charge < -0.3 is 9.88 Å². The van der Waals surface area contributed by atoms with Gasteiger partial charge in [0.05, 0.1) is 5.52 Å². The van der Waals surface area contributed by atoms with Gasteiger partial charge >= 0.3 is 0 Å². The van der Waals surface area contributed by atoms with Gasteiger partial charge in [-0.1, -0.05) is 166 Å². The molecule has 4 heteroatoms. The molecule has 0 spiro atoms. The van der Waals surface area contributed by atoms with Crippen molar-refractivity contribution < 1.29 is 0 Å². The topological polar surface area (TPSA) is 17.0 Å². The van der Waals surface area contributed by atoms with E-state index in [1.807, 2.05) is 11.3 Å². The highest BCUT2D eigenvalue weighted by Gasteiger charge is 2.40. The Morgan fingerprint density at radius 3 is 1.92 bits per heavy atom. The van der Waals surface area contributed by atoms with Gasteiger partial charge in [0.15, 0.2) is 7.28 Å². The van der Waals surface area contributed by atoms with Gasteiger partial charge in [0.25, 0.3) is 0 Å². The first-order valence-electron chi connectivity index (χ1n) is 23.7. The molecular formula is C62H54BN2S. The summed E-state index contributed by atoms with van der Waals surface area (Å²) in [4.78, 5) is 0. The van der Waals surface area contributed by atoms with E-state index in [0.717, 1.165) is 11.4 Å². The largest absolute Gasteiger partial charge is 0.355 e. The van der Waals surface area contributed by atoms with Crippen molar-refractivity contribution in [1.82, 2.24) is 4.57 Å². The van der Waals surface area contributed by atoms with Crippen LogP contribution in [0.5, 0.6) is 0 Å². The molecule has 0 saturated carbocycles. The monoisotopic (exact) mass is 869 g/mol. The number of hydrogen-bond acceptors (Lipinski definition) is 2. The number of thiophene rings is 1. The quantitative estimate of drug-likeness (QED) is 0.175. The highest BCUT2D eigenvalue weighted by atomic mass is 32.1. The summed E-state index contributed by atoms with van der Waals surface area (Å²) in [6.45, 7) is 23.5. The number of hydrogen-bond donors (Lipinski definition) is 1. The number of fused-ring (bicyclic) bond motifs is 14. The maximum absolute atomic E-state index is 4.02. The highest BCUT2D eigenvalue weighted by Crippen LogP contribution is 2.54. The van der Waals surface area contributed by atoms with E-state index in [1.54, 1.807) is 0 Å². The smallest absolute Gasteiger partial charge is 0.197 e. The molecule has 1 radical (unpaired) electrons. The van der Waals surface area contributed by atoms with Crippen molar-refractivity contribution in [2.75, 3.05) is 5.32 Å². The van der Waals surface area contributed by atoms with Crippen molar-refractivity contribution >= 4 is 82.9 Å². The Kier molecular flexibility index (Phi) is 7.97. The lowest BCUT2D eigenvalue weighted by Gasteiger charge is -2.28. The van der Waals surface area contributed by atoms with Crippen molar-refractivity contribution in [3.63, 3.8) is 0 Å². The summed E-state index contributed by atoms with van der Waals surface area (Å²) in [6, 6.07) is 54.1. The van der Waals surface area contributed by atoms with E-state index in [2.05, 4.69) is 226 Å². The molecule has 0 saturated heterocycles. The zero-order valence-electron chi connectivity index (χ0n) is 39.7. The van der Waals surface area contributed by atoms with Gasteiger partial charge in [0.2, 0.25) is 0 Å². The Bertz CT molecular complexity index is 3770. The van der Waals surface area contributed by atoms with Gasteiger partial charge in [-0.05, 0) is 126 Å². The molecule has 0 amide bonds. The van der Waals surface area contributed by atoms with Crippen molar-refractivity contribution in [3.8, 4) is 39.1 Å². The van der Waals surface area contributed by atoms with Crippen LogP contribution in [-0.2, 0) is 21.7 Å². The molecule has 66 heavy (non-hydrogen) atoms. The van der Waals surface area contributed by atoms with Crippen LogP contribution in [0.3, 0.4) is 0 Å². The fourth-order valence-electron chi connectivity index (χ4n) is 12.0. The predicted molar refractivity (Wildman–Crippen MR) is 286 cm³/mol. The maximum Gasteiger partial charge on any atom is 0.197 e. The number of benzene rings is 8. The summed E-state index contributed by atoms with van der Waals surface area (Å²) in [5.41, 5.74) is 24.5. The third-order valence-electron chi connectivity index (χ3n) is 15.7. The minimum Gasteiger partial charge on any atom is -0.355 e. The molecular weight excluding hydrogens is 816 g/mol. The Morgan fingerprint density at radius 1 is 0.485 bits per heavy atom. The van der Waals surface area contributed by atoms with E-state index < -0.39 is 0 Å². The molecule has 10 aromatic rings. The lowest BCUT2D eigenvalue weighted by atomic mass is 9.58. The third-order valence-corrected chi connectivity index (χ3v) is 16.9. The first-order valence-corrected chi connectivity index (χ1v) is 24.6. The minimum absolute atomic E-state index is 0.0555. The normalized spacial score (nSPS) is 15.2. The Morgan fingerprint density at radius 2 is 1.14 bits per heavy atom. The minimum atomic E-state index is -0.185. The van der Waals surface area contributed by atoms with Gasteiger partial charge in [-0.25, -0.2) is 0 Å². The van der Waals surface area contributed by atoms with Crippen LogP contribution in [0.25, 0.3) is 81.0 Å². The second-order valence-corrected chi connectivity index (χ2v) is 23.6. The molecule has 3 aliphatic rings. The van der Waals surface area contributed by atoms with Crippen LogP contribution >= 0.6 is 11.3 Å². The molecule has 3 heterocycles. The summed E-state index contributed by atoms with van der Waals surface area (Å²) in [5.74, 6) is 0. The van der Waals surface area contributed by atoms with E-state index >= 15 is 0 Å². The Labute approximate surface area is 393 Å². The Hall–Kier alpha value is -6.36. The van der Waals surface area contributed by atoms with Gasteiger partial charge in [-0.3, -0.25) is 0 Å². The fourth-order valence-corrected chi connectivity index (χ4v) is 13.1. The number of aromatic nitrogens is 1. The van der Waals surface area contributed by atoms with Crippen LogP contribution in [0.1, 0.15) is 103 Å². The average Bonchev–Trinajstić information content (AvgIpc) is 3.95. The number of anilines is 2. The average molecular weight is 870 g/mol. The molecule has 1 N–H and O–H groups in total. The van der Waals surface area contributed by atoms with E-state index in [1.165, 1.54) is 125 Å². The second kappa shape index (κ2) is 13.2. The molecule has 2 aliphatic carbocycles. The predicted octanol–water partition coefficient (Wildman–Crippen LogP) is 15.7. The Balaban J connectivity index is 1.09. The zero-order valence-corrected chi connectivity index (χ0v) is 40.5. The second-order valence-electron chi connectivity index (χ2n) is 22.5. The maximum atomic E-state index is 4.02. The van der Waals surface area contributed by atoms with Gasteiger partial charge in [0.1, 0.15) is 0 Å². The molecule has 13 rings (SSSR count). The number of rotatable bonds is 3. The highest BCUT2D eigenvalue weighted by molar-refractivity contribution is 7.25. The zero-order chi connectivity index (χ0) is 45.4. The van der Waals surface area contributed by atoms with E-state index in [-0.39, 0.29) is 21.7 Å². The van der Waals surface area contributed by atoms with Gasteiger partial charge in [-0.15, -0.1) is 11.3 Å². The SMILES string of the molecule is CC(C)(C)c1ccc(Nc2cc3c(cc2-c2ccc4c5cc6c(cc5n5c4c2[B]c2cc4c(cc2-5)-c2ccccc2C4(C)C)sc2ccccc26)C(C)(C)c2cc(C(C)(C)C)ccc2-3)cc1. The summed E-state index contributed by atoms with van der Waals surface area (Å²) in [5, 5.41) is 9.28. The molecule has 321 valence electrons. The van der Waals surface area contributed by atoms with Crippen LogP contribution in [0.2, 0.25) is 0 Å². The molecule has 2 nitrogen and oxygen atoms in total. The fraction of sp³-hybridized carbons (Fsp3) is 0.226. The molecule has 0 unspecified atom stereocenters. The van der Waals surface area contributed by atoms with Gasteiger partial charge in [-0.2, -0.15) is 0 Å². The molecule has 8 aromatic carbocycles. The van der Waals surface area contributed by atoms with Crippen LogP contribution in [-0.4, -0.2) is 11.8 Å². The number of nitrogens with one attached hydrogen (secondary N) is 1. The van der Waals surface area contributed by atoms with Gasteiger partial charge in [0, 0.05) is 69.9 Å². The van der Waals surface area contributed by atoms with E-state index in [4.69, 9.17) is 0 Å². The first kappa shape index (κ1) is 40.0. The lowest BCUT2D eigenvalue weighted by Crippen LogP contribution is -2.38. The summed E-state index contributed by atoms with van der Waals surface area (Å²) < 4.78 is 5.28. The molecule has 0 fully saturated rings. The van der Waals surface area contributed by atoms with Crippen LogP contribution in [0.15, 0.2) is 140 Å². The molecule has 0 bridgehead atoms. The lowest BCUT2D eigenvalue weighted by molar-refractivity contribution is 0.584. The number of nitrogens with zero attached hydrogens (tertiary/aromatic N) is 1. The van der Waals surface area contributed by atoms with Crippen molar-refractivity contribution in [2.45, 2.75) is 90.9 Å². The first-order chi connectivity index (χ1) is 31.5. The molecule has 0 atom stereocenters. The van der Waals surface area contributed by atoms with Crippen LogP contribution < -0.4 is 16.2 Å². The van der Waals surface area contributed by atoms with Crippen molar-refractivity contribution in [1.29, 1.82) is 0 Å². The summed E-state index contributed by atoms with van der Waals surface area (Å²) in [7, 11) is 2.52. The van der Waals surface area contributed by atoms with Crippen LogP contribution in [0, 0.1) is 0 Å². The van der Waals surface area contributed by atoms with E-state index in [0.29, 0.717) is 0 Å². The summed E-state index contributed by atoms with van der Waals surface area (Å²) >= 11 is 1.90. The standard InChI is InChI=1S/C62H54BN2S/c1-59(2,3)34-19-22-36(23-20-34)64-52-30-42-38-24-21-35(60(4,5)6)27-48(38)62(9,10)49(42)29-44(52)40-25-26-41-45-28-46-39-16-12-14-18-55(39)66-56(46)33-53(45)65-54-31-43-37-15-11-13-17-47(37)61(7,8)50(43)32-51(54)63-57(40)58(41)65/h11-33,64H,1-10H3. The summed E-state index contributed by atoms with van der Waals surface area (Å²) in [6.07, 6.45) is 0. The molecule has 1 aliphatic heterocycles. The third kappa shape index (κ3) is 5.48.